The molecule has 30 heavy (non-hydrogen) atoms. The number of hydrogen-bond acceptors (Lipinski definition) is 4. The second kappa shape index (κ2) is 22.6. The molecule has 0 fully saturated rings. The maximum atomic E-state index is 11.9. The van der Waals surface area contributed by atoms with Gasteiger partial charge in [-0.1, -0.05) is 104 Å². The number of hydrogen-bond donors (Lipinski definition) is 0. The van der Waals surface area contributed by atoms with E-state index in [1.807, 2.05) is 6.92 Å². The molecule has 0 aliphatic heterocycles. The monoisotopic (exact) mass is 426 g/mol. The molecule has 0 saturated heterocycles. The van der Waals surface area contributed by atoms with E-state index in [1.165, 1.54) is 64.2 Å². The van der Waals surface area contributed by atoms with Gasteiger partial charge in [0, 0.05) is 12.8 Å². The topological polar surface area (TPSA) is 52.6 Å². The van der Waals surface area contributed by atoms with E-state index < -0.39 is 0 Å². The molecule has 0 bridgehead atoms. The van der Waals surface area contributed by atoms with Gasteiger partial charge in [0.15, 0.2) is 0 Å². The second-order valence-corrected chi connectivity index (χ2v) is 8.63. The van der Waals surface area contributed by atoms with E-state index in [9.17, 15) is 9.59 Å². The average Bonchev–Trinajstić information content (AvgIpc) is 2.74. The van der Waals surface area contributed by atoms with Gasteiger partial charge in [-0.05, 0) is 25.7 Å². The van der Waals surface area contributed by atoms with E-state index in [1.54, 1.807) is 0 Å². The van der Waals surface area contributed by atoms with Gasteiger partial charge in [-0.2, -0.15) is 0 Å². The highest BCUT2D eigenvalue weighted by Gasteiger charge is 2.13. The quantitative estimate of drug-likeness (QED) is 0.130. The Hall–Kier alpha value is -1.06. The van der Waals surface area contributed by atoms with Crippen LogP contribution in [0.2, 0.25) is 0 Å². The molecular weight excluding hydrogens is 376 g/mol. The molecule has 0 saturated carbocycles. The first-order chi connectivity index (χ1) is 14.6. The third kappa shape index (κ3) is 20.2. The first-order valence-electron chi connectivity index (χ1n) is 13.0. The number of ether oxygens (including phenoxy) is 2. The smallest absolute Gasteiger partial charge is 0.306 e. The van der Waals surface area contributed by atoms with E-state index in [0.29, 0.717) is 25.9 Å². The summed E-state index contributed by atoms with van der Waals surface area (Å²) in [4.78, 5) is 23.6. The minimum Gasteiger partial charge on any atom is -0.466 e. The molecule has 4 nitrogen and oxygen atoms in total. The first-order valence-corrected chi connectivity index (χ1v) is 13.0. The van der Waals surface area contributed by atoms with Crippen LogP contribution >= 0.6 is 0 Å². The summed E-state index contributed by atoms with van der Waals surface area (Å²) in [7, 11) is 0. The minimum atomic E-state index is -0.191. The summed E-state index contributed by atoms with van der Waals surface area (Å²) in [6, 6.07) is 0. The third-order valence-corrected chi connectivity index (χ3v) is 5.66. The highest BCUT2D eigenvalue weighted by Crippen LogP contribution is 2.13. The van der Waals surface area contributed by atoms with Gasteiger partial charge >= 0.3 is 11.9 Å². The first kappa shape index (κ1) is 28.9. The van der Waals surface area contributed by atoms with Crippen LogP contribution in [0.5, 0.6) is 0 Å². The van der Waals surface area contributed by atoms with E-state index in [2.05, 4.69) is 13.8 Å². The highest BCUT2D eigenvalue weighted by atomic mass is 16.5. The van der Waals surface area contributed by atoms with E-state index in [4.69, 9.17) is 9.47 Å². The van der Waals surface area contributed by atoms with Crippen molar-refractivity contribution in [3.63, 3.8) is 0 Å². The summed E-state index contributed by atoms with van der Waals surface area (Å²) in [5.74, 6) is -0.379. The van der Waals surface area contributed by atoms with Crippen molar-refractivity contribution in [1.82, 2.24) is 0 Å². The molecule has 1 atom stereocenters. The van der Waals surface area contributed by atoms with Gasteiger partial charge in [0.25, 0.3) is 0 Å². The number of rotatable bonds is 22. The summed E-state index contributed by atoms with van der Waals surface area (Å²) in [6.07, 6.45) is 20.7. The fraction of sp³-hybridized carbons (Fsp3) is 0.923. The molecular formula is C26H50O4. The van der Waals surface area contributed by atoms with Crippen LogP contribution < -0.4 is 0 Å². The Labute approximate surface area is 186 Å². The van der Waals surface area contributed by atoms with Crippen molar-refractivity contribution in [2.75, 3.05) is 6.61 Å². The molecule has 0 aliphatic carbocycles. The van der Waals surface area contributed by atoms with Crippen LogP contribution in [-0.2, 0) is 19.1 Å². The lowest BCUT2D eigenvalue weighted by Gasteiger charge is -2.15. The zero-order valence-electron chi connectivity index (χ0n) is 20.4. The van der Waals surface area contributed by atoms with E-state index in [-0.39, 0.29) is 18.0 Å². The van der Waals surface area contributed by atoms with Gasteiger partial charge in [0.2, 0.25) is 0 Å². The molecule has 0 aliphatic rings. The van der Waals surface area contributed by atoms with Crippen molar-refractivity contribution in [2.45, 2.75) is 149 Å². The van der Waals surface area contributed by atoms with Crippen molar-refractivity contribution < 1.29 is 19.1 Å². The molecule has 0 heterocycles. The molecule has 0 amide bonds. The number of carbonyl (C=O) groups is 2. The van der Waals surface area contributed by atoms with Crippen molar-refractivity contribution in [2.24, 2.45) is 0 Å². The molecule has 0 aromatic carbocycles. The largest absolute Gasteiger partial charge is 0.466 e. The number of esters is 2. The van der Waals surface area contributed by atoms with Gasteiger partial charge in [-0.3, -0.25) is 9.59 Å². The molecule has 0 radical (unpaired) electrons. The Morgan fingerprint density at radius 1 is 0.600 bits per heavy atom. The van der Waals surface area contributed by atoms with Gasteiger partial charge in [0.05, 0.1) is 6.61 Å². The maximum Gasteiger partial charge on any atom is 0.306 e. The highest BCUT2D eigenvalue weighted by molar-refractivity contribution is 5.72. The third-order valence-electron chi connectivity index (χ3n) is 5.66. The molecule has 0 aromatic heterocycles. The van der Waals surface area contributed by atoms with Crippen molar-refractivity contribution in [3.05, 3.63) is 0 Å². The minimum absolute atomic E-state index is 0.0233. The average molecular weight is 427 g/mol. The summed E-state index contributed by atoms with van der Waals surface area (Å²) in [5.41, 5.74) is 0. The number of carbonyl (C=O) groups excluding carboxylic acids is 2. The predicted octanol–water partition coefficient (Wildman–Crippen LogP) is 7.91. The van der Waals surface area contributed by atoms with Gasteiger partial charge in [0.1, 0.15) is 6.10 Å². The van der Waals surface area contributed by atoms with Gasteiger partial charge in [-0.25, -0.2) is 0 Å². The molecule has 0 aromatic rings. The standard InChI is InChI=1S/C26H50O4/c1-4-7-9-10-11-12-13-14-15-16-17-18-23-29-25(27)21-19-22-26(28)30-24(6-3)20-8-5-2/h24H,4-23H2,1-3H3. The summed E-state index contributed by atoms with van der Waals surface area (Å²) < 4.78 is 10.8. The van der Waals surface area contributed by atoms with Crippen LogP contribution in [0.1, 0.15) is 143 Å². The zero-order valence-corrected chi connectivity index (χ0v) is 20.4. The lowest BCUT2D eigenvalue weighted by molar-refractivity contribution is -0.150. The fourth-order valence-electron chi connectivity index (χ4n) is 3.60. The number of unbranched alkanes of at least 4 members (excludes halogenated alkanes) is 12. The molecule has 178 valence electrons. The van der Waals surface area contributed by atoms with Crippen molar-refractivity contribution >= 4 is 11.9 Å². The summed E-state index contributed by atoms with van der Waals surface area (Å²) >= 11 is 0. The maximum absolute atomic E-state index is 11.9. The van der Waals surface area contributed by atoms with Gasteiger partial charge < -0.3 is 9.47 Å². The summed E-state index contributed by atoms with van der Waals surface area (Å²) in [5, 5.41) is 0. The molecule has 0 rings (SSSR count). The second-order valence-electron chi connectivity index (χ2n) is 8.63. The Morgan fingerprint density at radius 3 is 1.63 bits per heavy atom. The van der Waals surface area contributed by atoms with Crippen LogP contribution in [0, 0.1) is 0 Å². The SMILES string of the molecule is CCCCCCCCCCCCCCOC(=O)CCCC(=O)OC(CC)CCCC. The Morgan fingerprint density at radius 2 is 1.10 bits per heavy atom. The normalized spacial score (nSPS) is 12.0. The Balaban J connectivity index is 3.42. The van der Waals surface area contributed by atoms with Crippen molar-refractivity contribution in [1.29, 1.82) is 0 Å². The van der Waals surface area contributed by atoms with Crippen LogP contribution in [0.3, 0.4) is 0 Å². The molecule has 1 unspecified atom stereocenters. The van der Waals surface area contributed by atoms with Crippen LogP contribution in [-0.4, -0.2) is 24.6 Å². The molecule has 0 spiro atoms. The van der Waals surface area contributed by atoms with E-state index in [0.717, 1.165) is 38.5 Å². The van der Waals surface area contributed by atoms with Crippen LogP contribution in [0.25, 0.3) is 0 Å². The van der Waals surface area contributed by atoms with E-state index >= 15 is 0 Å². The lowest BCUT2D eigenvalue weighted by Crippen LogP contribution is -2.17. The van der Waals surface area contributed by atoms with Crippen LogP contribution in [0.4, 0.5) is 0 Å². The summed E-state index contributed by atoms with van der Waals surface area (Å²) in [6.45, 7) is 6.95. The zero-order chi connectivity index (χ0) is 22.3. The Bertz CT molecular complexity index is 394. The van der Waals surface area contributed by atoms with Crippen molar-refractivity contribution in [3.8, 4) is 0 Å². The molecule has 4 heteroatoms. The molecule has 0 N–H and O–H groups in total. The van der Waals surface area contributed by atoms with Crippen LogP contribution in [0.15, 0.2) is 0 Å². The Kier molecular flexibility index (Phi) is 21.8. The fourth-order valence-corrected chi connectivity index (χ4v) is 3.60. The van der Waals surface area contributed by atoms with Gasteiger partial charge in [-0.15, -0.1) is 0 Å². The predicted molar refractivity (Wildman–Crippen MR) is 126 cm³/mol. The lowest BCUT2D eigenvalue weighted by atomic mass is 10.1.